The van der Waals surface area contributed by atoms with Crippen molar-refractivity contribution in [1.29, 1.82) is 0 Å². The highest BCUT2D eigenvalue weighted by atomic mass is 127. The van der Waals surface area contributed by atoms with E-state index >= 15 is 0 Å². The molecule has 2 N–H and O–H groups in total. The predicted molar refractivity (Wildman–Crippen MR) is 147 cm³/mol. The van der Waals surface area contributed by atoms with Gasteiger partial charge in [-0.05, 0) is 30.0 Å². The van der Waals surface area contributed by atoms with E-state index < -0.39 is 0 Å². The van der Waals surface area contributed by atoms with Crippen LogP contribution < -0.4 is 5.32 Å². The molecule has 1 fully saturated rings. The van der Waals surface area contributed by atoms with Crippen LogP contribution in [0, 0.1) is 0 Å². The van der Waals surface area contributed by atoms with E-state index in [-0.39, 0.29) is 29.9 Å². The fourth-order valence-electron chi connectivity index (χ4n) is 4.08. The number of aromatic nitrogens is 2. The van der Waals surface area contributed by atoms with E-state index in [4.69, 9.17) is 4.99 Å². The molecule has 0 spiro atoms. The van der Waals surface area contributed by atoms with Crippen molar-refractivity contribution in [3.8, 4) is 11.3 Å². The quantitative estimate of drug-likeness (QED) is 0.238. The summed E-state index contributed by atoms with van der Waals surface area (Å²) in [7, 11) is 2.01. The molecule has 1 saturated heterocycles. The van der Waals surface area contributed by atoms with Gasteiger partial charge in [-0.15, -0.1) is 24.0 Å². The van der Waals surface area contributed by atoms with Gasteiger partial charge < -0.3 is 20.1 Å². The molecule has 1 aromatic heterocycles. The van der Waals surface area contributed by atoms with E-state index in [0.29, 0.717) is 26.1 Å². The van der Waals surface area contributed by atoms with Crippen LogP contribution in [-0.4, -0.2) is 51.8 Å². The monoisotopic (exact) mass is 572 g/mol. The summed E-state index contributed by atoms with van der Waals surface area (Å²) in [6.45, 7) is 5.51. The Morgan fingerprint density at radius 1 is 1.15 bits per heavy atom. The number of carbonyl (C=O) groups excluding carboxylic acids is 1. The summed E-state index contributed by atoms with van der Waals surface area (Å²) in [5.74, 6) is 1.95. The van der Waals surface area contributed by atoms with Crippen LogP contribution in [-0.2, 0) is 24.4 Å². The molecule has 0 atom stereocenters. The highest BCUT2D eigenvalue weighted by Gasteiger charge is 2.21. The minimum atomic E-state index is 0. The maximum Gasteiger partial charge on any atom is 0.222 e. The zero-order chi connectivity index (χ0) is 23.0. The number of aliphatic imine (C=N–C) groups is 1. The number of H-pyrrole nitrogens is 1. The normalized spacial score (nSPS) is 13.6. The van der Waals surface area contributed by atoms with Crippen molar-refractivity contribution in [2.45, 2.75) is 39.4 Å². The van der Waals surface area contributed by atoms with Crippen LogP contribution in [0.3, 0.4) is 0 Å². The molecule has 0 aliphatic carbocycles. The second kappa shape index (κ2) is 12.5. The molecular formula is C26H33IN6O. The third-order valence-corrected chi connectivity index (χ3v) is 5.85. The number of imidazole rings is 1. The number of halogens is 1. The SMILES string of the molecule is CCNC(=NCc1ccccc1CN1CCCC1=O)N(C)Cc1ncc(-c2ccccc2)[nH]1.I. The van der Waals surface area contributed by atoms with Gasteiger partial charge in [0.05, 0.1) is 25.0 Å². The number of hydrogen-bond donors (Lipinski definition) is 2. The lowest BCUT2D eigenvalue weighted by Crippen LogP contribution is -2.38. The van der Waals surface area contributed by atoms with Crippen LogP contribution in [0.25, 0.3) is 11.3 Å². The van der Waals surface area contributed by atoms with Crippen molar-refractivity contribution in [2.75, 3.05) is 20.1 Å². The van der Waals surface area contributed by atoms with Crippen molar-refractivity contribution < 1.29 is 4.79 Å². The third kappa shape index (κ3) is 6.59. The molecule has 1 amide bonds. The van der Waals surface area contributed by atoms with Gasteiger partial charge in [0.25, 0.3) is 0 Å². The standard InChI is InChI=1S/C26H32N6O.HI/c1-3-27-26(31(2)19-24-28-17-23(30-24)20-10-5-4-6-11-20)29-16-21-12-7-8-13-22(21)18-32-15-9-14-25(32)33;/h4-8,10-13,17H,3,9,14-16,18-19H2,1-2H3,(H,27,29)(H,28,30);1H. The van der Waals surface area contributed by atoms with Gasteiger partial charge in [-0.1, -0.05) is 54.6 Å². The summed E-state index contributed by atoms with van der Waals surface area (Å²) in [5, 5.41) is 3.38. The number of rotatable bonds is 8. The summed E-state index contributed by atoms with van der Waals surface area (Å²) < 4.78 is 0. The molecule has 2 aromatic carbocycles. The summed E-state index contributed by atoms with van der Waals surface area (Å²) in [5.41, 5.74) is 4.43. The average molecular weight is 572 g/mol. The van der Waals surface area contributed by atoms with Crippen molar-refractivity contribution in [1.82, 2.24) is 25.1 Å². The van der Waals surface area contributed by atoms with Gasteiger partial charge in [-0.2, -0.15) is 0 Å². The highest BCUT2D eigenvalue weighted by molar-refractivity contribution is 14.0. The van der Waals surface area contributed by atoms with Gasteiger partial charge in [-0.25, -0.2) is 9.98 Å². The minimum Gasteiger partial charge on any atom is -0.357 e. The second-order valence-electron chi connectivity index (χ2n) is 8.32. The lowest BCUT2D eigenvalue weighted by Gasteiger charge is -2.22. The van der Waals surface area contributed by atoms with Crippen LogP contribution in [0.2, 0.25) is 0 Å². The molecule has 2 heterocycles. The maximum absolute atomic E-state index is 12.1. The van der Waals surface area contributed by atoms with E-state index in [1.54, 1.807) is 0 Å². The fourth-order valence-corrected chi connectivity index (χ4v) is 4.08. The summed E-state index contributed by atoms with van der Waals surface area (Å²) >= 11 is 0. The number of carbonyl (C=O) groups is 1. The minimum absolute atomic E-state index is 0. The highest BCUT2D eigenvalue weighted by Crippen LogP contribution is 2.19. The van der Waals surface area contributed by atoms with Crippen molar-refractivity contribution in [3.63, 3.8) is 0 Å². The maximum atomic E-state index is 12.1. The Hall–Kier alpha value is -2.88. The van der Waals surface area contributed by atoms with Crippen molar-refractivity contribution in [3.05, 3.63) is 77.7 Å². The first-order chi connectivity index (χ1) is 16.1. The predicted octanol–water partition coefficient (Wildman–Crippen LogP) is 4.41. The van der Waals surface area contributed by atoms with Crippen LogP contribution in [0.15, 0.2) is 65.8 Å². The Balaban J connectivity index is 0.00000324. The number of hydrogen-bond acceptors (Lipinski definition) is 3. The number of amides is 1. The molecule has 8 heteroatoms. The molecule has 0 saturated carbocycles. The van der Waals surface area contributed by atoms with Crippen LogP contribution in [0.4, 0.5) is 0 Å². The Bertz CT molecular complexity index is 1100. The van der Waals surface area contributed by atoms with Crippen LogP contribution in [0.5, 0.6) is 0 Å². The zero-order valence-electron chi connectivity index (χ0n) is 19.8. The Morgan fingerprint density at radius 2 is 1.88 bits per heavy atom. The number of nitrogens with one attached hydrogen (secondary N) is 2. The molecule has 0 radical (unpaired) electrons. The number of likely N-dealkylation sites (tertiary alicyclic amines) is 1. The summed E-state index contributed by atoms with van der Waals surface area (Å²) in [6.07, 6.45) is 3.49. The summed E-state index contributed by atoms with van der Waals surface area (Å²) in [6, 6.07) is 18.5. The first-order valence-electron chi connectivity index (χ1n) is 11.6. The molecule has 7 nitrogen and oxygen atoms in total. The first kappa shape index (κ1) is 25.7. The van der Waals surface area contributed by atoms with Gasteiger partial charge >= 0.3 is 0 Å². The van der Waals surface area contributed by atoms with Gasteiger partial charge in [0, 0.05) is 33.1 Å². The molecule has 180 valence electrons. The number of benzene rings is 2. The Morgan fingerprint density at radius 3 is 2.59 bits per heavy atom. The smallest absolute Gasteiger partial charge is 0.222 e. The van der Waals surface area contributed by atoms with E-state index in [0.717, 1.165) is 53.7 Å². The Labute approximate surface area is 218 Å². The van der Waals surface area contributed by atoms with Crippen molar-refractivity contribution >= 4 is 35.8 Å². The lowest BCUT2D eigenvalue weighted by molar-refractivity contribution is -0.128. The first-order valence-corrected chi connectivity index (χ1v) is 11.6. The molecule has 1 aliphatic rings. The van der Waals surface area contributed by atoms with Gasteiger partial charge in [0.15, 0.2) is 5.96 Å². The number of aromatic amines is 1. The molecular weight excluding hydrogens is 539 g/mol. The van der Waals surface area contributed by atoms with E-state index in [2.05, 4.69) is 51.4 Å². The van der Waals surface area contributed by atoms with E-state index in [1.165, 1.54) is 0 Å². The topological polar surface area (TPSA) is 76.6 Å². The number of nitrogens with zero attached hydrogens (tertiary/aromatic N) is 4. The zero-order valence-corrected chi connectivity index (χ0v) is 22.2. The lowest BCUT2D eigenvalue weighted by atomic mass is 10.1. The van der Waals surface area contributed by atoms with Crippen LogP contribution in [0.1, 0.15) is 36.7 Å². The average Bonchev–Trinajstić information content (AvgIpc) is 3.47. The fraction of sp³-hybridized carbons (Fsp3) is 0.346. The van der Waals surface area contributed by atoms with Gasteiger partial charge in [0.1, 0.15) is 5.82 Å². The summed E-state index contributed by atoms with van der Waals surface area (Å²) in [4.78, 5) is 28.9. The Kier molecular flexibility index (Phi) is 9.50. The van der Waals surface area contributed by atoms with E-state index in [9.17, 15) is 4.79 Å². The number of guanidine groups is 1. The van der Waals surface area contributed by atoms with Crippen molar-refractivity contribution in [2.24, 2.45) is 4.99 Å². The van der Waals surface area contributed by atoms with Crippen LogP contribution >= 0.6 is 24.0 Å². The van der Waals surface area contributed by atoms with Gasteiger partial charge in [-0.3, -0.25) is 4.79 Å². The molecule has 3 aromatic rings. The van der Waals surface area contributed by atoms with Gasteiger partial charge in [0.2, 0.25) is 5.91 Å². The molecule has 0 bridgehead atoms. The largest absolute Gasteiger partial charge is 0.357 e. The molecule has 0 unspecified atom stereocenters. The molecule has 34 heavy (non-hydrogen) atoms. The third-order valence-electron chi connectivity index (χ3n) is 5.85. The van der Waals surface area contributed by atoms with E-state index in [1.807, 2.05) is 48.5 Å². The second-order valence-corrected chi connectivity index (χ2v) is 8.32. The molecule has 1 aliphatic heterocycles. The molecule has 4 rings (SSSR count).